The molecule has 0 aliphatic heterocycles. The van der Waals surface area contributed by atoms with Gasteiger partial charge in [0.05, 0.1) is 6.42 Å². The Morgan fingerprint density at radius 1 is 1.25 bits per heavy atom. The number of benzene rings is 1. The Kier molecular flexibility index (Phi) is 5.25. The Morgan fingerprint density at radius 3 is 2.30 bits per heavy atom. The number of nitrogens with one attached hydrogen (secondary N) is 1. The number of carbonyl (C=O) groups is 2. The van der Waals surface area contributed by atoms with Crippen molar-refractivity contribution in [2.24, 2.45) is 0 Å². The molecule has 1 atom stereocenters. The van der Waals surface area contributed by atoms with E-state index in [2.05, 4.69) is 5.32 Å². The van der Waals surface area contributed by atoms with Gasteiger partial charge in [0.2, 0.25) is 5.91 Å². The molecule has 0 spiro atoms. The molecule has 0 radical (unpaired) electrons. The van der Waals surface area contributed by atoms with Gasteiger partial charge in [0.1, 0.15) is 17.5 Å². The minimum atomic E-state index is -0.720. The lowest BCUT2D eigenvalue weighted by molar-refractivity contribution is -0.158. The number of hydrogen-bond donors (Lipinski definition) is 1. The van der Waals surface area contributed by atoms with Gasteiger partial charge >= 0.3 is 5.97 Å². The fraction of sp³-hybridized carbons (Fsp3) is 0.467. The van der Waals surface area contributed by atoms with Crippen molar-refractivity contribution in [1.29, 1.82) is 0 Å². The van der Waals surface area contributed by atoms with Crippen LogP contribution in [0.5, 0.6) is 0 Å². The summed E-state index contributed by atoms with van der Waals surface area (Å²) in [7, 11) is 0. The highest BCUT2D eigenvalue weighted by molar-refractivity contribution is 5.85. The quantitative estimate of drug-likeness (QED) is 0.861. The monoisotopic (exact) mass is 281 g/mol. The highest BCUT2D eigenvalue weighted by Crippen LogP contribution is 2.08. The lowest BCUT2D eigenvalue weighted by Gasteiger charge is -2.22. The van der Waals surface area contributed by atoms with Gasteiger partial charge < -0.3 is 10.1 Å². The van der Waals surface area contributed by atoms with Crippen molar-refractivity contribution in [1.82, 2.24) is 5.32 Å². The van der Waals surface area contributed by atoms with Crippen molar-refractivity contribution in [2.45, 2.75) is 45.8 Å². The fourth-order valence-corrected chi connectivity index (χ4v) is 1.53. The van der Waals surface area contributed by atoms with Crippen LogP contribution in [0, 0.1) is 5.82 Å². The molecule has 1 N–H and O–H groups in total. The van der Waals surface area contributed by atoms with Crippen LogP contribution in [0.25, 0.3) is 0 Å². The van der Waals surface area contributed by atoms with Crippen molar-refractivity contribution < 1.29 is 18.7 Å². The summed E-state index contributed by atoms with van der Waals surface area (Å²) in [5, 5.41) is 2.56. The van der Waals surface area contributed by atoms with Gasteiger partial charge in [-0.15, -0.1) is 0 Å². The molecule has 0 saturated heterocycles. The van der Waals surface area contributed by atoms with Crippen molar-refractivity contribution >= 4 is 11.9 Å². The zero-order chi connectivity index (χ0) is 15.3. The third kappa shape index (κ3) is 5.82. The van der Waals surface area contributed by atoms with Crippen molar-refractivity contribution in [2.75, 3.05) is 0 Å². The second-order valence-corrected chi connectivity index (χ2v) is 5.63. The summed E-state index contributed by atoms with van der Waals surface area (Å²) in [6, 6.07) is 4.93. The molecule has 1 amide bonds. The molecule has 4 nitrogen and oxygen atoms in total. The van der Waals surface area contributed by atoms with Gasteiger partial charge in [0, 0.05) is 0 Å². The summed E-state index contributed by atoms with van der Waals surface area (Å²) < 4.78 is 17.9. The van der Waals surface area contributed by atoms with Gasteiger partial charge in [-0.05, 0) is 45.4 Å². The molecule has 0 unspecified atom stereocenters. The summed E-state index contributed by atoms with van der Waals surface area (Å²) in [6.07, 6.45) is 0.0907. The molecular formula is C15H20FNO3. The largest absolute Gasteiger partial charge is 0.458 e. The molecule has 0 bridgehead atoms. The minimum Gasteiger partial charge on any atom is -0.458 e. The summed E-state index contributed by atoms with van der Waals surface area (Å²) in [4.78, 5) is 23.5. The predicted molar refractivity (Wildman–Crippen MR) is 73.6 cm³/mol. The molecule has 0 fully saturated rings. The van der Waals surface area contributed by atoms with Crippen LogP contribution in [-0.4, -0.2) is 23.5 Å². The third-order valence-corrected chi connectivity index (χ3v) is 2.42. The Labute approximate surface area is 118 Å². The van der Waals surface area contributed by atoms with E-state index in [1.807, 2.05) is 0 Å². The van der Waals surface area contributed by atoms with Gasteiger partial charge in [-0.3, -0.25) is 4.79 Å². The molecule has 0 saturated carbocycles. The van der Waals surface area contributed by atoms with E-state index in [1.54, 1.807) is 27.7 Å². The summed E-state index contributed by atoms with van der Waals surface area (Å²) in [5.74, 6) is -1.14. The number of halogens is 1. The van der Waals surface area contributed by atoms with E-state index >= 15 is 0 Å². The molecular weight excluding hydrogens is 261 g/mol. The Bertz CT molecular complexity index is 477. The minimum absolute atomic E-state index is 0.0907. The van der Waals surface area contributed by atoms with Crippen molar-refractivity contribution in [3.8, 4) is 0 Å². The number of rotatable bonds is 4. The van der Waals surface area contributed by atoms with Gasteiger partial charge in [-0.1, -0.05) is 12.1 Å². The molecule has 1 aromatic rings. The van der Waals surface area contributed by atoms with Crippen LogP contribution in [0.4, 0.5) is 4.39 Å². The molecule has 0 aliphatic carbocycles. The van der Waals surface area contributed by atoms with E-state index in [0.717, 1.165) is 0 Å². The normalized spacial score (nSPS) is 12.7. The zero-order valence-electron chi connectivity index (χ0n) is 12.2. The maximum absolute atomic E-state index is 12.7. The SMILES string of the molecule is C[C@@H](NC(=O)Cc1ccc(F)cc1)C(=O)OC(C)(C)C. The van der Waals surface area contributed by atoms with Gasteiger partial charge in [-0.25, -0.2) is 9.18 Å². The molecule has 1 rings (SSSR count). The van der Waals surface area contributed by atoms with E-state index in [0.29, 0.717) is 5.56 Å². The maximum atomic E-state index is 12.7. The van der Waals surface area contributed by atoms with Gasteiger partial charge in [-0.2, -0.15) is 0 Å². The van der Waals surface area contributed by atoms with Crippen LogP contribution >= 0.6 is 0 Å². The topological polar surface area (TPSA) is 55.4 Å². The van der Waals surface area contributed by atoms with Crippen molar-refractivity contribution in [3.63, 3.8) is 0 Å². The molecule has 1 aromatic carbocycles. The predicted octanol–water partition coefficient (Wildman–Crippen LogP) is 2.21. The molecule has 110 valence electrons. The summed E-state index contributed by atoms with van der Waals surface area (Å²) >= 11 is 0. The first-order valence-electron chi connectivity index (χ1n) is 6.44. The number of ether oxygens (including phenoxy) is 1. The maximum Gasteiger partial charge on any atom is 0.328 e. The zero-order valence-corrected chi connectivity index (χ0v) is 12.2. The summed E-state index contributed by atoms with van der Waals surface area (Å²) in [6.45, 7) is 6.85. The Balaban J connectivity index is 2.49. The van der Waals surface area contributed by atoms with E-state index in [4.69, 9.17) is 4.74 Å². The van der Waals surface area contributed by atoms with E-state index < -0.39 is 17.6 Å². The molecule has 0 aliphatic rings. The molecule has 5 heteroatoms. The average molecular weight is 281 g/mol. The Hall–Kier alpha value is -1.91. The smallest absolute Gasteiger partial charge is 0.328 e. The van der Waals surface area contributed by atoms with E-state index in [1.165, 1.54) is 24.3 Å². The number of esters is 1. The van der Waals surface area contributed by atoms with Gasteiger partial charge in [0.25, 0.3) is 0 Å². The lowest BCUT2D eigenvalue weighted by atomic mass is 10.1. The molecule has 0 heterocycles. The third-order valence-electron chi connectivity index (χ3n) is 2.42. The number of amides is 1. The molecule has 20 heavy (non-hydrogen) atoms. The van der Waals surface area contributed by atoms with Gasteiger partial charge in [0.15, 0.2) is 0 Å². The first kappa shape index (κ1) is 16.1. The van der Waals surface area contributed by atoms with Crippen LogP contribution in [0.15, 0.2) is 24.3 Å². The lowest BCUT2D eigenvalue weighted by Crippen LogP contribution is -2.42. The number of hydrogen-bond acceptors (Lipinski definition) is 3. The van der Waals surface area contributed by atoms with Crippen LogP contribution in [0.3, 0.4) is 0 Å². The average Bonchev–Trinajstić information content (AvgIpc) is 2.29. The van der Waals surface area contributed by atoms with Crippen LogP contribution in [0.1, 0.15) is 33.3 Å². The van der Waals surface area contributed by atoms with Crippen LogP contribution in [-0.2, 0) is 20.7 Å². The first-order valence-corrected chi connectivity index (χ1v) is 6.44. The van der Waals surface area contributed by atoms with Crippen LogP contribution in [0.2, 0.25) is 0 Å². The second-order valence-electron chi connectivity index (χ2n) is 5.63. The standard InChI is InChI=1S/C15H20FNO3/c1-10(14(19)20-15(2,3)4)17-13(18)9-11-5-7-12(16)8-6-11/h5-8,10H,9H2,1-4H3,(H,17,18)/t10-/m1/s1. The Morgan fingerprint density at radius 2 is 1.80 bits per heavy atom. The highest BCUT2D eigenvalue weighted by Gasteiger charge is 2.22. The highest BCUT2D eigenvalue weighted by atomic mass is 19.1. The number of carbonyl (C=O) groups excluding carboxylic acids is 2. The first-order chi connectivity index (χ1) is 9.17. The summed E-state index contributed by atoms with van der Waals surface area (Å²) in [5.41, 5.74) is 0.0906. The fourth-order valence-electron chi connectivity index (χ4n) is 1.53. The van der Waals surface area contributed by atoms with E-state index in [9.17, 15) is 14.0 Å². The van der Waals surface area contributed by atoms with E-state index in [-0.39, 0.29) is 18.1 Å². The molecule has 0 aromatic heterocycles. The second kappa shape index (κ2) is 6.50. The van der Waals surface area contributed by atoms with Crippen LogP contribution < -0.4 is 5.32 Å². The van der Waals surface area contributed by atoms with Crippen molar-refractivity contribution in [3.05, 3.63) is 35.6 Å².